The second-order valence-electron chi connectivity index (χ2n) is 5.31. The minimum atomic E-state index is -0.673. The lowest BCUT2D eigenvalue weighted by molar-refractivity contribution is -0.137. The van der Waals surface area contributed by atoms with E-state index in [0.29, 0.717) is 22.3 Å². The highest BCUT2D eigenvalue weighted by molar-refractivity contribution is 6.42. The van der Waals surface area contributed by atoms with Gasteiger partial charge in [-0.1, -0.05) is 29.3 Å². The molecule has 1 heterocycles. The number of amides is 1. The third-order valence-electron chi connectivity index (χ3n) is 3.50. The van der Waals surface area contributed by atoms with Crippen LogP contribution in [0.25, 0.3) is 0 Å². The molecule has 0 aliphatic carbocycles. The van der Waals surface area contributed by atoms with Crippen molar-refractivity contribution in [2.24, 2.45) is 0 Å². The molecule has 0 spiro atoms. The third kappa shape index (κ3) is 4.36. The van der Waals surface area contributed by atoms with Gasteiger partial charge in [-0.25, -0.2) is 0 Å². The van der Waals surface area contributed by atoms with Crippen molar-refractivity contribution in [3.05, 3.63) is 57.8 Å². The molecule has 122 valence electrons. The Labute approximate surface area is 146 Å². The van der Waals surface area contributed by atoms with E-state index in [2.05, 4.69) is 4.98 Å². The van der Waals surface area contributed by atoms with Crippen molar-refractivity contribution in [2.75, 3.05) is 7.05 Å². The summed E-state index contributed by atoms with van der Waals surface area (Å²) in [5.74, 6) is 0.246. The number of pyridine rings is 1. The van der Waals surface area contributed by atoms with E-state index in [0.717, 1.165) is 11.1 Å². The quantitative estimate of drug-likeness (QED) is 0.812. The highest BCUT2D eigenvalue weighted by Gasteiger charge is 2.21. The lowest BCUT2D eigenvalue weighted by Crippen LogP contribution is -2.37. The second-order valence-corrected chi connectivity index (χ2v) is 6.09. The first-order valence-electron chi connectivity index (χ1n) is 7.15. The Kier molecular flexibility index (Phi) is 5.85. The molecule has 2 aromatic rings. The van der Waals surface area contributed by atoms with Gasteiger partial charge in [0.25, 0.3) is 5.91 Å². The first-order valence-corrected chi connectivity index (χ1v) is 7.91. The highest BCUT2D eigenvalue weighted by Crippen LogP contribution is 2.32. The van der Waals surface area contributed by atoms with Crippen LogP contribution in [0.4, 0.5) is 0 Å². The topological polar surface area (TPSA) is 42.4 Å². The Morgan fingerprint density at radius 3 is 2.78 bits per heavy atom. The number of hydrogen-bond acceptors (Lipinski definition) is 3. The van der Waals surface area contributed by atoms with Crippen molar-refractivity contribution in [3.63, 3.8) is 0 Å². The van der Waals surface area contributed by atoms with Crippen LogP contribution in [0.5, 0.6) is 5.75 Å². The molecule has 1 atom stereocenters. The van der Waals surface area contributed by atoms with Crippen LogP contribution >= 0.6 is 23.2 Å². The van der Waals surface area contributed by atoms with Crippen molar-refractivity contribution >= 4 is 29.1 Å². The Morgan fingerprint density at radius 2 is 2.09 bits per heavy atom. The van der Waals surface area contributed by atoms with Gasteiger partial charge in [0.05, 0.1) is 5.02 Å². The molecule has 1 aromatic heterocycles. The fraction of sp³-hybridized carbons (Fsp3) is 0.294. The largest absolute Gasteiger partial charge is 0.479 e. The van der Waals surface area contributed by atoms with Crippen LogP contribution in [0.15, 0.2) is 36.7 Å². The first-order chi connectivity index (χ1) is 10.9. The fourth-order valence-corrected chi connectivity index (χ4v) is 2.46. The molecule has 1 amide bonds. The lowest BCUT2D eigenvalue weighted by atomic mass is 10.1. The van der Waals surface area contributed by atoms with Crippen LogP contribution in [-0.2, 0) is 11.3 Å². The zero-order chi connectivity index (χ0) is 17.0. The Balaban J connectivity index is 2.04. The maximum atomic E-state index is 12.5. The van der Waals surface area contributed by atoms with E-state index in [1.165, 1.54) is 0 Å². The smallest absolute Gasteiger partial charge is 0.263 e. The summed E-state index contributed by atoms with van der Waals surface area (Å²) in [6.45, 7) is 4.14. The molecule has 4 nitrogen and oxygen atoms in total. The summed E-state index contributed by atoms with van der Waals surface area (Å²) >= 11 is 12.0. The van der Waals surface area contributed by atoms with Crippen molar-refractivity contribution < 1.29 is 9.53 Å². The summed E-state index contributed by atoms with van der Waals surface area (Å²) in [6.07, 6.45) is 2.82. The number of likely N-dealkylation sites (N-methyl/N-ethyl adjacent to an activating group) is 1. The molecular formula is C17H18Cl2N2O2. The fourth-order valence-electron chi connectivity index (χ4n) is 2.12. The summed E-state index contributed by atoms with van der Waals surface area (Å²) < 4.78 is 5.65. The van der Waals surface area contributed by atoms with Crippen molar-refractivity contribution in [2.45, 2.75) is 26.5 Å². The van der Waals surface area contributed by atoms with E-state index in [-0.39, 0.29) is 5.91 Å². The number of aromatic nitrogens is 1. The number of aryl methyl sites for hydroxylation is 1. The number of hydrogen-bond donors (Lipinski definition) is 0. The Morgan fingerprint density at radius 1 is 1.35 bits per heavy atom. The molecule has 0 N–H and O–H groups in total. The van der Waals surface area contributed by atoms with Gasteiger partial charge in [-0.2, -0.15) is 0 Å². The minimum Gasteiger partial charge on any atom is -0.479 e. The average molecular weight is 353 g/mol. The molecule has 0 fully saturated rings. The van der Waals surface area contributed by atoms with E-state index in [1.54, 1.807) is 49.5 Å². The summed E-state index contributed by atoms with van der Waals surface area (Å²) in [5.41, 5.74) is 2.09. The van der Waals surface area contributed by atoms with Gasteiger partial charge in [0.2, 0.25) is 0 Å². The predicted molar refractivity (Wildman–Crippen MR) is 92.0 cm³/mol. The van der Waals surface area contributed by atoms with Crippen LogP contribution in [0.1, 0.15) is 18.1 Å². The van der Waals surface area contributed by atoms with E-state index >= 15 is 0 Å². The molecule has 6 heteroatoms. The second kappa shape index (κ2) is 7.66. The molecule has 0 radical (unpaired) electrons. The number of nitrogens with zero attached hydrogens (tertiary/aromatic N) is 2. The van der Waals surface area contributed by atoms with Crippen molar-refractivity contribution in [3.8, 4) is 5.75 Å². The van der Waals surface area contributed by atoms with Gasteiger partial charge in [0.1, 0.15) is 10.8 Å². The molecule has 0 saturated carbocycles. The average Bonchev–Trinajstić information content (AvgIpc) is 2.53. The maximum absolute atomic E-state index is 12.5. The van der Waals surface area contributed by atoms with Crippen molar-refractivity contribution in [1.29, 1.82) is 0 Å². The molecule has 1 aromatic carbocycles. The van der Waals surface area contributed by atoms with Crippen LogP contribution in [0.2, 0.25) is 10.0 Å². The molecule has 0 aliphatic rings. The SMILES string of the molecule is Cc1ccncc1CN(C)C(=O)C(C)Oc1cccc(Cl)c1Cl. The molecule has 0 saturated heterocycles. The first kappa shape index (κ1) is 17.6. The summed E-state index contributed by atoms with van der Waals surface area (Å²) in [7, 11) is 1.73. The van der Waals surface area contributed by atoms with Gasteiger partial charge in [-0.05, 0) is 43.2 Å². The normalized spacial score (nSPS) is 11.9. The number of benzene rings is 1. The molecular weight excluding hydrogens is 335 g/mol. The summed E-state index contributed by atoms with van der Waals surface area (Å²) in [5, 5.41) is 0.697. The number of rotatable bonds is 5. The van der Waals surface area contributed by atoms with Gasteiger partial charge in [-0.15, -0.1) is 0 Å². The van der Waals surface area contributed by atoms with Gasteiger partial charge >= 0.3 is 0 Å². The van der Waals surface area contributed by atoms with E-state index in [9.17, 15) is 4.79 Å². The van der Waals surface area contributed by atoms with E-state index in [1.807, 2.05) is 13.0 Å². The van der Waals surface area contributed by atoms with Gasteiger partial charge in [-0.3, -0.25) is 9.78 Å². The van der Waals surface area contributed by atoms with Crippen LogP contribution < -0.4 is 4.74 Å². The molecule has 23 heavy (non-hydrogen) atoms. The number of ether oxygens (including phenoxy) is 1. The number of carbonyl (C=O) groups excluding carboxylic acids is 1. The lowest BCUT2D eigenvalue weighted by Gasteiger charge is -2.23. The van der Waals surface area contributed by atoms with E-state index in [4.69, 9.17) is 27.9 Å². The van der Waals surface area contributed by atoms with Crippen LogP contribution in [-0.4, -0.2) is 28.9 Å². The van der Waals surface area contributed by atoms with Crippen LogP contribution in [0, 0.1) is 6.92 Å². The molecule has 2 rings (SSSR count). The Bertz CT molecular complexity index is 707. The third-order valence-corrected chi connectivity index (χ3v) is 4.30. The summed E-state index contributed by atoms with van der Waals surface area (Å²) in [4.78, 5) is 18.2. The zero-order valence-corrected chi connectivity index (χ0v) is 14.7. The van der Waals surface area contributed by atoms with E-state index < -0.39 is 6.10 Å². The Hall–Kier alpha value is -1.78. The molecule has 0 aliphatic heterocycles. The van der Waals surface area contributed by atoms with Gasteiger partial charge < -0.3 is 9.64 Å². The monoisotopic (exact) mass is 352 g/mol. The number of carbonyl (C=O) groups is 1. The van der Waals surface area contributed by atoms with Gasteiger partial charge in [0.15, 0.2) is 6.10 Å². The van der Waals surface area contributed by atoms with Gasteiger partial charge in [0, 0.05) is 26.0 Å². The highest BCUT2D eigenvalue weighted by atomic mass is 35.5. The van der Waals surface area contributed by atoms with Crippen LogP contribution in [0.3, 0.4) is 0 Å². The molecule has 1 unspecified atom stereocenters. The zero-order valence-electron chi connectivity index (χ0n) is 13.2. The maximum Gasteiger partial charge on any atom is 0.263 e. The van der Waals surface area contributed by atoms with Crippen molar-refractivity contribution in [1.82, 2.24) is 9.88 Å². The predicted octanol–water partition coefficient (Wildman–Crippen LogP) is 4.12. The standard InChI is InChI=1S/C17H18Cl2N2O2/c1-11-7-8-20-9-13(11)10-21(3)17(22)12(2)23-15-6-4-5-14(18)16(15)19/h4-9,12H,10H2,1-3H3. The molecule has 0 bridgehead atoms. The minimum absolute atomic E-state index is 0.149. The summed E-state index contributed by atoms with van der Waals surface area (Å²) in [6, 6.07) is 6.99. The number of halogens is 2.